The number of nitrogens with one attached hydrogen (secondary N) is 1. The van der Waals surface area contributed by atoms with Gasteiger partial charge >= 0.3 is 0 Å². The van der Waals surface area contributed by atoms with Gasteiger partial charge in [0.05, 0.1) is 22.4 Å². The first-order valence-electron chi connectivity index (χ1n) is 6.51. The Labute approximate surface area is 119 Å². The average Bonchev–Trinajstić information content (AvgIpc) is 2.85. The van der Waals surface area contributed by atoms with Crippen LogP contribution >= 0.6 is 0 Å². The fourth-order valence-corrected chi connectivity index (χ4v) is 3.16. The Balaban J connectivity index is 2.33. The van der Waals surface area contributed by atoms with E-state index >= 15 is 0 Å². The summed E-state index contributed by atoms with van der Waals surface area (Å²) < 4.78 is 26.1. The van der Waals surface area contributed by atoms with Gasteiger partial charge in [0.2, 0.25) is 0 Å². The highest BCUT2D eigenvalue weighted by Crippen LogP contribution is 2.25. The van der Waals surface area contributed by atoms with Crippen LogP contribution < -0.4 is 5.32 Å². The standard InChI is InChI=1S/C14H19N3O2S/c1-4-20(18,19)13-8-6-5-7-12(13)16-11(2)14-15-9-10-17(14)3/h5-11,16H,4H2,1-3H3. The molecule has 108 valence electrons. The van der Waals surface area contributed by atoms with Gasteiger partial charge in [-0.3, -0.25) is 0 Å². The molecular formula is C14H19N3O2S. The van der Waals surface area contributed by atoms with Gasteiger partial charge in [-0.05, 0) is 19.1 Å². The Morgan fingerprint density at radius 1 is 1.35 bits per heavy atom. The second-order valence-corrected chi connectivity index (χ2v) is 6.91. The van der Waals surface area contributed by atoms with Crippen molar-refractivity contribution in [2.45, 2.75) is 24.8 Å². The van der Waals surface area contributed by atoms with E-state index in [0.29, 0.717) is 10.6 Å². The summed E-state index contributed by atoms with van der Waals surface area (Å²) >= 11 is 0. The molecule has 0 fully saturated rings. The van der Waals surface area contributed by atoms with Crippen molar-refractivity contribution in [3.05, 3.63) is 42.5 Å². The average molecular weight is 293 g/mol. The van der Waals surface area contributed by atoms with Crippen LogP contribution in [0.15, 0.2) is 41.6 Å². The van der Waals surface area contributed by atoms with Crippen LogP contribution in [-0.2, 0) is 16.9 Å². The smallest absolute Gasteiger partial charge is 0.180 e. The van der Waals surface area contributed by atoms with Gasteiger partial charge in [0, 0.05) is 19.4 Å². The maximum atomic E-state index is 12.1. The molecule has 0 aliphatic rings. The summed E-state index contributed by atoms with van der Waals surface area (Å²) in [4.78, 5) is 4.61. The largest absolute Gasteiger partial charge is 0.374 e. The summed E-state index contributed by atoms with van der Waals surface area (Å²) in [5.74, 6) is 0.941. The summed E-state index contributed by atoms with van der Waals surface area (Å²) in [7, 11) is -1.33. The molecule has 5 nitrogen and oxygen atoms in total. The zero-order valence-electron chi connectivity index (χ0n) is 11.9. The Bertz CT molecular complexity index is 692. The first-order chi connectivity index (χ1) is 9.45. The highest BCUT2D eigenvalue weighted by Gasteiger charge is 2.18. The van der Waals surface area contributed by atoms with Crippen LogP contribution in [0.4, 0.5) is 5.69 Å². The molecule has 2 rings (SSSR count). The fourth-order valence-electron chi connectivity index (χ4n) is 2.10. The molecule has 0 saturated heterocycles. The number of nitrogens with zero attached hydrogens (tertiary/aromatic N) is 2. The second kappa shape index (κ2) is 5.66. The van der Waals surface area contributed by atoms with E-state index in [-0.39, 0.29) is 11.8 Å². The Morgan fingerprint density at radius 3 is 2.65 bits per heavy atom. The third-order valence-corrected chi connectivity index (χ3v) is 5.01. The number of hydrogen-bond donors (Lipinski definition) is 1. The summed E-state index contributed by atoms with van der Waals surface area (Å²) in [6, 6.07) is 6.89. The number of aryl methyl sites for hydroxylation is 1. The molecule has 1 unspecified atom stereocenters. The van der Waals surface area contributed by atoms with Crippen LogP contribution in [0, 0.1) is 0 Å². The molecule has 0 bridgehead atoms. The first kappa shape index (κ1) is 14.6. The van der Waals surface area contributed by atoms with Crippen molar-refractivity contribution in [3.8, 4) is 0 Å². The molecule has 6 heteroatoms. The van der Waals surface area contributed by atoms with E-state index in [9.17, 15) is 8.42 Å². The lowest BCUT2D eigenvalue weighted by Gasteiger charge is -2.17. The third-order valence-electron chi connectivity index (χ3n) is 3.22. The quantitative estimate of drug-likeness (QED) is 0.919. The lowest BCUT2D eigenvalue weighted by molar-refractivity contribution is 0.597. The van der Waals surface area contributed by atoms with Gasteiger partial charge in [-0.25, -0.2) is 13.4 Å². The van der Waals surface area contributed by atoms with Crippen LogP contribution in [0.2, 0.25) is 0 Å². The topological polar surface area (TPSA) is 64.0 Å². The molecule has 1 atom stereocenters. The van der Waals surface area contributed by atoms with Crippen molar-refractivity contribution in [1.29, 1.82) is 0 Å². The number of hydrogen-bond acceptors (Lipinski definition) is 4. The summed E-state index contributed by atoms with van der Waals surface area (Å²) in [6.07, 6.45) is 3.59. The lowest BCUT2D eigenvalue weighted by Crippen LogP contribution is -2.15. The third kappa shape index (κ3) is 2.85. The number of sulfone groups is 1. The molecule has 20 heavy (non-hydrogen) atoms. The SMILES string of the molecule is CCS(=O)(=O)c1ccccc1NC(C)c1nccn1C. The molecule has 0 radical (unpaired) electrons. The van der Waals surface area contributed by atoms with Gasteiger partial charge in [0.25, 0.3) is 0 Å². The molecule has 0 amide bonds. The van der Waals surface area contributed by atoms with Gasteiger partial charge in [0.15, 0.2) is 9.84 Å². The zero-order chi connectivity index (χ0) is 14.8. The van der Waals surface area contributed by atoms with Crippen LogP contribution in [0.3, 0.4) is 0 Å². The van der Waals surface area contributed by atoms with Crippen molar-refractivity contribution >= 4 is 15.5 Å². The lowest BCUT2D eigenvalue weighted by atomic mass is 10.2. The number of imidazole rings is 1. The van der Waals surface area contributed by atoms with E-state index < -0.39 is 9.84 Å². The molecule has 0 aliphatic heterocycles. The first-order valence-corrected chi connectivity index (χ1v) is 8.16. The van der Waals surface area contributed by atoms with Gasteiger partial charge in [-0.2, -0.15) is 0 Å². The van der Waals surface area contributed by atoms with Gasteiger partial charge in [-0.15, -0.1) is 0 Å². The zero-order valence-corrected chi connectivity index (χ0v) is 12.7. The number of aromatic nitrogens is 2. The molecule has 0 spiro atoms. The number of para-hydroxylation sites is 1. The maximum absolute atomic E-state index is 12.1. The summed E-state index contributed by atoms with van der Waals surface area (Å²) in [5, 5.41) is 3.23. The molecule has 1 heterocycles. The van der Waals surface area contributed by atoms with Gasteiger partial charge < -0.3 is 9.88 Å². The van der Waals surface area contributed by atoms with E-state index in [4.69, 9.17) is 0 Å². The molecule has 2 aromatic rings. The van der Waals surface area contributed by atoms with E-state index in [2.05, 4.69) is 10.3 Å². The van der Waals surface area contributed by atoms with Crippen molar-refractivity contribution in [1.82, 2.24) is 9.55 Å². The monoisotopic (exact) mass is 293 g/mol. The number of benzene rings is 1. The number of anilines is 1. The van der Waals surface area contributed by atoms with Crippen LogP contribution in [0.1, 0.15) is 25.7 Å². The van der Waals surface area contributed by atoms with Crippen LogP contribution in [0.25, 0.3) is 0 Å². The second-order valence-electron chi connectivity index (χ2n) is 4.66. The Morgan fingerprint density at radius 2 is 2.05 bits per heavy atom. The molecule has 1 aromatic carbocycles. The summed E-state index contributed by atoms with van der Waals surface area (Å²) in [5.41, 5.74) is 0.616. The number of rotatable bonds is 5. The van der Waals surface area contributed by atoms with Crippen molar-refractivity contribution in [2.75, 3.05) is 11.1 Å². The minimum absolute atomic E-state index is 0.0804. The minimum Gasteiger partial charge on any atom is -0.374 e. The van der Waals surface area contributed by atoms with Gasteiger partial charge in [-0.1, -0.05) is 19.1 Å². The Kier molecular flexibility index (Phi) is 4.13. The molecule has 1 aromatic heterocycles. The van der Waals surface area contributed by atoms with E-state index in [1.807, 2.05) is 30.8 Å². The molecule has 0 saturated carbocycles. The molecular weight excluding hydrogens is 274 g/mol. The normalized spacial score (nSPS) is 13.2. The van der Waals surface area contributed by atoms with E-state index in [1.165, 1.54) is 0 Å². The molecule has 0 aliphatic carbocycles. The van der Waals surface area contributed by atoms with Crippen LogP contribution in [-0.4, -0.2) is 23.7 Å². The Hall–Kier alpha value is -1.82. The predicted molar refractivity (Wildman–Crippen MR) is 79.4 cm³/mol. The molecule has 1 N–H and O–H groups in total. The summed E-state index contributed by atoms with van der Waals surface area (Å²) in [6.45, 7) is 3.60. The predicted octanol–water partition coefficient (Wildman–Crippen LogP) is 2.39. The van der Waals surface area contributed by atoms with Crippen molar-refractivity contribution < 1.29 is 8.42 Å². The maximum Gasteiger partial charge on any atom is 0.180 e. The van der Waals surface area contributed by atoms with E-state index in [1.54, 1.807) is 31.3 Å². The fraction of sp³-hybridized carbons (Fsp3) is 0.357. The van der Waals surface area contributed by atoms with Crippen molar-refractivity contribution in [2.24, 2.45) is 7.05 Å². The highest BCUT2D eigenvalue weighted by atomic mass is 32.2. The van der Waals surface area contributed by atoms with Crippen molar-refractivity contribution in [3.63, 3.8) is 0 Å². The minimum atomic E-state index is -3.24. The van der Waals surface area contributed by atoms with E-state index in [0.717, 1.165) is 5.82 Å². The van der Waals surface area contributed by atoms with Gasteiger partial charge in [0.1, 0.15) is 5.82 Å². The van der Waals surface area contributed by atoms with Crippen LogP contribution in [0.5, 0.6) is 0 Å². The highest BCUT2D eigenvalue weighted by molar-refractivity contribution is 7.91.